The monoisotopic (exact) mass is 513 g/mol. The van der Waals surface area contributed by atoms with Crippen LogP contribution in [0.5, 0.6) is 0 Å². The first-order valence-corrected chi connectivity index (χ1v) is 12.7. The van der Waals surface area contributed by atoms with Crippen LogP contribution >= 0.6 is 0 Å². The van der Waals surface area contributed by atoms with E-state index in [1.807, 2.05) is 0 Å². The highest BCUT2D eigenvalue weighted by molar-refractivity contribution is 5.87. The third-order valence-corrected chi connectivity index (χ3v) is 6.37. The van der Waals surface area contributed by atoms with Gasteiger partial charge in [0.05, 0.1) is 12.5 Å². The molecule has 0 spiro atoms. The van der Waals surface area contributed by atoms with Gasteiger partial charge in [-0.15, -0.1) is 0 Å². The summed E-state index contributed by atoms with van der Waals surface area (Å²) in [4.78, 5) is 44.3. The zero-order valence-electron chi connectivity index (χ0n) is 22.6. The Labute approximate surface area is 219 Å². The maximum atomic E-state index is 11.5. The molecule has 1 amide bonds. The predicted molar refractivity (Wildman–Crippen MR) is 144 cm³/mol. The number of hydrogen-bond donors (Lipinski definition) is 1. The summed E-state index contributed by atoms with van der Waals surface area (Å²) in [7, 11) is 0. The molecule has 37 heavy (non-hydrogen) atoms. The Bertz CT molecular complexity index is 1030. The number of carbonyl (C=O) groups is 4. The van der Waals surface area contributed by atoms with E-state index >= 15 is 0 Å². The molecule has 1 saturated heterocycles. The van der Waals surface area contributed by atoms with Crippen molar-refractivity contribution in [3.8, 4) is 11.1 Å². The molecule has 6 nitrogen and oxygen atoms in total. The Morgan fingerprint density at radius 1 is 1.00 bits per heavy atom. The quantitative estimate of drug-likeness (QED) is 0.502. The van der Waals surface area contributed by atoms with Crippen LogP contribution in [-0.2, 0) is 25.6 Å². The first-order valence-electron chi connectivity index (χ1n) is 12.7. The lowest BCUT2D eigenvalue weighted by Crippen LogP contribution is -2.46. The number of ketones is 2. The average Bonchev–Trinajstić information content (AvgIpc) is 2.88. The van der Waals surface area contributed by atoms with Crippen molar-refractivity contribution in [3.05, 3.63) is 59.7 Å². The normalized spacial score (nSPS) is 15.3. The number of alkyl halides is 1. The van der Waals surface area contributed by atoms with Crippen molar-refractivity contribution in [1.82, 2.24) is 4.90 Å². The van der Waals surface area contributed by atoms with Crippen molar-refractivity contribution in [2.24, 2.45) is 5.92 Å². The minimum atomic E-state index is -1.07. The molecule has 1 aliphatic heterocycles. The maximum absolute atomic E-state index is 11.5. The van der Waals surface area contributed by atoms with E-state index in [0.717, 1.165) is 32.2 Å². The lowest BCUT2D eigenvalue weighted by Gasteiger charge is -2.33. The zero-order chi connectivity index (χ0) is 28.0. The number of amides is 1. The lowest BCUT2D eigenvalue weighted by atomic mass is 9.95. The van der Waals surface area contributed by atoms with Crippen molar-refractivity contribution in [3.63, 3.8) is 0 Å². The summed E-state index contributed by atoms with van der Waals surface area (Å²) in [6.45, 7) is 8.54. The number of halogens is 1. The number of Topliss-reactive ketones (excluding diaryl/α,β-unsaturated/α-hetero) is 2. The van der Waals surface area contributed by atoms with Gasteiger partial charge in [0, 0.05) is 19.4 Å². The molecule has 2 aromatic rings. The Morgan fingerprint density at radius 2 is 1.59 bits per heavy atom. The van der Waals surface area contributed by atoms with Crippen LogP contribution in [0.1, 0.15) is 64.5 Å². The molecule has 1 heterocycles. The molecule has 2 unspecified atom stereocenters. The van der Waals surface area contributed by atoms with Gasteiger partial charge in [-0.2, -0.15) is 0 Å². The summed E-state index contributed by atoms with van der Waals surface area (Å²) in [5.41, 5.74) is 5.50. The van der Waals surface area contributed by atoms with Crippen molar-refractivity contribution < 1.29 is 28.7 Å². The van der Waals surface area contributed by atoms with Crippen molar-refractivity contribution in [1.29, 1.82) is 0 Å². The minimum absolute atomic E-state index is 0.0231. The number of hydrogen-bond acceptors (Lipinski definition) is 4. The molecular weight excluding hydrogens is 473 g/mol. The van der Waals surface area contributed by atoms with Gasteiger partial charge in [0.1, 0.15) is 6.67 Å². The fourth-order valence-corrected chi connectivity index (χ4v) is 4.21. The number of carbonyl (C=O) groups excluding carboxylic acids is 3. The third kappa shape index (κ3) is 10.7. The Morgan fingerprint density at radius 3 is 2.08 bits per heavy atom. The molecule has 2 atom stereocenters. The average molecular weight is 514 g/mol. The highest BCUT2D eigenvalue weighted by atomic mass is 19.1. The second-order valence-electron chi connectivity index (χ2n) is 9.26. The standard InChI is InChI=1S/C15H16.C9H15NO2.C6H9FO3/c1-3-13-9-5-7-11-15(13)14-10-6-4-8-12(14)2;1-7(11)9-5-3-4-6-10(9)8(2)12;1-4(2-6(9)10)5(8)3-7/h4-11H,3H2,1-2H3;9H,3-6H2,1-2H3;4H,2-3H2,1H3,(H,9,10). The van der Waals surface area contributed by atoms with Gasteiger partial charge in [-0.05, 0) is 61.8 Å². The Balaban J connectivity index is 0.000000285. The van der Waals surface area contributed by atoms with Crippen LogP contribution in [0.2, 0.25) is 0 Å². The summed E-state index contributed by atoms with van der Waals surface area (Å²) in [5, 5.41) is 8.15. The van der Waals surface area contributed by atoms with E-state index in [9.17, 15) is 23.6 Å². The molecule has 1 fully saturated rings. The van der Waals surface area contributed by atoms with Gasteiger partial charge in [0.2, 0.25) is 5.91 Å². The van der Waals surface area contributed by atoms with Gasteiger partial charge >= 0.3 is 5.97 Å². The molecule has 0 radical (unpaired) electrons. The minimum Gasteiger partial charge on any atom is -0.481 e. The molecule has 202 valence electrons. The van der Waals surface area contributed by atoms with Crippen molar-refractivity contribution in [2.75, 3.05) is 13.2 Å². The van der Waals surface area contributed by atoms with Crippen LogP contribution in [0.4, 0.5) is 4.39 Å². The van der Waals surface area contributed by atoms with Crippen LogP contribution < -0.4 is 0 Å². The fraction of sp³-hybridized carbons (Fsp3) is 0.467. The molecule has 0 aliphatic carbocycles. The number of carboxylic acids is 1. The number of carboxylic acid groups (broad SMARTS) is 1. The van der Waals surface area contributed by atoms with E-state index in [4.69, 9.17) is 5.11 Å². The summed E-state index contributed by atoms with van der Waals surface area (Å²) < 4.78 is 11.5. The van der Waals surface area contributed by atoms with E-state index in [0.29, 0.717) is 0 Å². The topological polar surface area (TPSA) is 91.8 Å². The lowest BCUT2D eigenvalue weighted by molar-refractivity contribution is -0.140. The summed E-state index contributed by atoms with van der Waals surface area (Å²) in [6, 6.07) is 17.1. The first kappa shape index (κ1) is 31.7. The van der Waals surface area contributed by atoms with Gasteiger partial charge < -0.3 is 10.0 Å². The van der Waals surface area contributed by atoms with Crippen LogP contribution in [-0.4, -0.2) is 52.7 Å². The first-order chi connectivity index (χ1) is 17.5. The van der Waals surface area contributed by atoms with Gasteiger partial charge in [-0.25, -0.2) is 4.39 Å². The number of aryl methyl sites for hydroxylation is 2. The second-order valence-corrected chi connectivity index (χ2v) is 9.26. The molecule has 0 bridgehead atoms. The Hall–Kier alpha value is -3.35. The molecular formula is C30H40FNO5. The highest BCUT2D eigenvalue weighted by Gasteiger charge is 2.27. The van der Waals surface area contributed by atoms with E-state index in [-0.39, 0.29) is 24.2 Å². The van der Waals surface area contributed by atoms with Crippen LogP contribution in [0.25, 0.3) is 11.1 Å². The molecule has 0 saturated carbocycles. The van der Waals surface area contributed by atoms with E-state index in [1.165, 1.54) is 36.1 Å². The smallest absolute Gasteiger partial charge is 0.304 e. The van der Waals surface area contributed by atoms with Crippen LogP contribution in [0, 0.1) is 12.8 Å². The SMILES string of the molecule is CC(=O)C1CCCCN1C(C)=O.CC(CC(=O)O)C(=O)CF.CCc1ccccc1-c1ccccc1C. The van der Waals surface area contributed by atoms with Crippen LogP contribution in [0.15, 0.2) is 48.5 Å². The molecule has 0 aromatic heterocycles. The largest absolute Gasteiger partial charge is 0.481 e. The number of nitrogens with zero attached hydrogens (tertiary/aromatic N) is 1. The van der Waals surface area contributed by atoms with Crippen molar-refractivity contribution >= 4 is 23.4 Å². The number of benzene rings is 2. The molecule has 2 aromatic carbocycles. The van der Waals surface area contributed by atoms with E-state index in [1.54, 1.807) is 11.8 Å². The second kappa shape index (κ2) is 16.4. The number of aliphatic carboxylic acids is 1. The number of rotatable bonds is 7. The molecule has 1 N–H and O–H groups in total. The zero-order valence-corrected chi connectivity index (χ0v) is 22.6. The van der Waals surface area contributed by atoms with Gasteiger partial charge in [-0.3, -0.25) is 19.2 Å². The van der Waals surface area contributed by atoms with Crippen LogP contribution in [0.3, 0.4) is 0 Å². The highest BCUT2D eigenvalue weighted by Crippen LogP contribution is 2.26. The molecule has 3 rings (SSSR count). The Kier molecular flexibility index (Phi) is 14.0. The maximum Gasteiger partial charge on any atom is 0.304 e. The summed E-state index contributed by atoms with van der Waals surface area (Å²) in [6.07, 6.45) is 3.74. The van der Waals surface area contributed by atoms with E-state index < -0.39 is 24.3 Å². The predicted octanol–water partition coefficient (Wildman–Crippen LogP) is 5.84. The summed E-state index contributed by atoms with van der Waals surface area (Å²) in [5.74, 6) is -2.29. The van der Waals surface area contributed by atoms with Gasteiger partial charge in [0.15, 0.2) is 11.6 Å². The van der Waals surface area contributed by atoms with Gasteiger partial charge in [0.25, 0.3) is 0 Å². The molecule has 1 aliphatic rings. The fourth-order valence-electron chi connectivity index (χ4n) is 4.21. The number of likely N-dealkylation sites (tertiary alicyclic amines) is 1. The van der Waals surface area contributed by atoms with Gasteiger partial charge in [-0.1, -0.05) is 62.4 Å². The van der Waals surface area contributed by atoms with Crippen molar-refractivity contribution in [2.45, 2.75) is 72.8 Å². The summed E-state index contributed by atoms with van der Waals surface area (Å²) >= 11 is 0. The molecule has 7 heteroatoms. The number of piperidine rings is 1. The third-order valence-electron chi connectivity index (χ3n) is 6.37. The van der Waals surface area contributed by atoms with E-state index in [2.05, 4.69) is 62.4 Å².